The van der Waals surface area contributed by atoms with Crippen molar-refractivity contribution < 1.29 is 0 Å². The molecule has 0 amide bonds. The summed E-state index contributed by atoms with van der Waals surface area (Å²) in [5.41, 5.74) is 0.650. The molecule has 5 fully saturated rings. The van der Waals surface area contributed by atoms with Crippen molar-refractivity contribution in [3.63, 3.8) is 0 Å². The van der Waals surface area contributed by atoms with Gasteiger partial charge in [0.2, 0.25) is 0 Å². The van der Waals surface area contributed by atoms with E-state index in [1.54, 1.807) is 19.3 Å². The minimum absolute atomic E-state index is 0.650. The van der Waals surface area contributed by atoms with Gasteiger partial charge in [-0.2, -0.15) is 11.8 Å². The predicted octanol–water partition coefficient (Wildman–Crippen LogP) is 6.17. The van der Waals surface area contributed by atoms with Crippen molar-refractivity contribution in [2.24, 2.45) is 29.1 Å². The second-order valence-corrected chi connectivity index (χ2v) is 11.5. The van der Waals surface area contributed by atoms with E-state index >= 15 is 0 Å². The van der Waals surface area contributed by atoms with Gasteiger partial charge in [-0.05, 0) is 86.2 Å². The number of hydrogen-bond acceptors (Lipinski definition) is 2. The van der Waals surface area contributed by atoms with Gasteiger partial charge in [-0.15, -0.1) is 0 Å². The molecule has 1 atom stereocenters. The van der Waals surface area contributed by atoms with Crippen LogP contribution in [-0.2, 0) is 6.54 Å². The third-order valence-electron chi connectivity index (χ3n) is 8.25. The first-order valence-corrected chi connectivity index (χ1v) is 12.4. The van der Waals surface area contributed by atoms with E-state index in [0.29, 0.717) is 5.41 Å². The van der Waals surface area contributed by atoms with Crippen LogP contribution >= 0.6 is 11.8 Å². The highest BCUT2D eigenvalue weighted by Gasteiger charge is 2.54. The number of nitrogens with zero attached hydrogens (tertiary/aromatic N) is 2. The average molecular weight is 373 g/mol. The standard InChI is InChI=1S/C23H36N2S/c1-2-5-18(4-1)6-3-9-26-22(16-25-8-7-24-17-25)23-13-19-10-20(14-23)12-21(11-19)15-23/h7-8,17-22H,1-6,9-16H2. The Morgan fingerprint density at radius 1 is 1.04 bits per heavy atom. The molecule has 1 aromatic heterocycles. The zero-order chi connectivity index (χ0) is 17.4. The molecule has 0 N–H and O–H groups in total. The van der Waals surface area contributed by atoms with Crippen LogP contribution in [0.4, 0.5) is 0 Å². The van der Waals surface area contributed by atoms with Gasteiger partial charge in [-0.25, -0.2) is 4.98 Å². The fraction of sp³-hybridized carbons (Fsp3) is 0.870. The molecule has 0 aromatic carbocycles. The molecule has 0 spiro atoms. The van der Waals surface area contributed by atoms with Gasteiger partial charge in [0, 0.05) is 24.2 Å². The quantitative estimate of drug-likeness (QED) is 0.508. The molecule has 1 unspecified atom stereocenters. The van der Waals surface area contributed by atoms with E-state index in [4.69, 9.17) is 0 Å². The van der Waals surface area contributed by atoms with Crippen molar-refractivity contribution in [3.05, 3.63) is 18.7 Å². The number of rotatable bonds is 8. The number of imidazole rings is 1. The van der Waals surface area contributed by atoms with Crippen LogP contribution in [-0.4, -0.2) is 20.6 Å². The highest BCUT2D eigenvalue weighted by atomic mass is 32.2. The summed E-state index contributed by atoms with van der Waals surface area (Å²) in [7, 11) is 0. The van der Waals surface area contributed by atoms with Crippen LogP contribution in [0.5, 0.6) is 0 Å². The fourth-order valence-electron chi connectivity index (χ4n) is 7.48. The predicted molar refractivity (Wildman–Crippen MR) is 110 cm³/mol. The summed E-state index contributed by atoms with van der Waals surface area (Å²) in [5, 5.41) is 0.814. The van der Waals surface area contributed by atoms with Crippen molar-refractivity contribution in [2.75, 3.05) is 5.75 Å². The van der Waals surface area contributed by atoms with Gasteiger partial charge in [-0.1, -0.05) is 25.7 Å². The van der Waals surface area contributed by atoms with E-state index in [2.05, 4.69) is 27.5 Å². The molecule has 1 heterocycles. The Morgan fingerprint density at radius 3 is 2.35 bits per heavy atom. The molecule has 5 aliphatic rings. The van der Waals surface area contributed by atoms with E-state index in [9.17, 15) is 0 Å². The maximum absolute atomic E-state index is 4.32. The molecule has 26 heavy (non-hydrogen) atoms. The van der Waals surface area contributed by atoms with Crippen LogP contribution in [0.15, 0.2) is 18.7 Å². The molecule has 5 aliphatic carbocycles. The fourth-order valence-corrected chi connectivity index (χ4v) is 9.02. The van der Waals surface area contributed by atoms with Crippen molar-refractivity contribution in [3.8, 4) is 0 Å². The minimum atomic E-state index is 0.650. The lowest BCUT2D eigenvalue weighted by molar-refractivity contribution is -0.0553. The molecule has 5 saturated carbocycles. The summed E-state index contributed by atoms with van der Waals surface area (Å²) >= 11 is 2.34. The summed E-state index contributed by atoms with van der Waals surface area (Å²) in [4.78, 5) is 4.32. The lowest BCUT2D eigenvalue weighted by atomic mass is 9.48. The third kappa shape index (κ3) is 3.62. The van der Waals surface area contributed by atoms with E-state index in [1.165, 1.54) is 70.1 Å². The van der Waals surface area contributed by atoms with Gasteiger partial charge < -0.3 is 4.57 Å². The zero-order valence-electron chi connectivity index (χ0n) is 16.3. The molecule has 4 bridgehead atoms. The van der Waals surface area contributed by atoms with Gasteiger partial charge in [0.05, 0.1) is 6.33 Å². The van der Waals surface area contributed by atoms with Crippen LogP contribution in [0.2, 0.25) is 0 Å². The second kappa shape index (κ2) is 7.53. The lowest BCUT2D eigenvalue weighted by Crippen LogP contribution is -2.51. The molecule has 6 rings (SSSR count). The summed E-state index contributed by atoms with van der Waals surface area (Å²) in [6.07, 6.45) is 24.4. The van der Waals surface area contributed by atoms with Crippen molar-refractivity contribution >= 4 is 11.8 Å². The molecule has 144 valence electrons. The number of thioether (sulfide) groups is 1. The SMILES string of the molecule is c1cn(CC(SCCCC2CCCC2)C23CC4CC(CC(C4)C2)C3)cn1. The van der Waals surface area contributed by atoms with E-state index in [1.807, 2.05) is 12.5 Å². The summed E-state index contributed by atoms with van der Waals surface area (Å²) in [6, 6.07) is 0. The highest BCUT2D eigenvalue weighted by molar-refractivity contribution is 7.99. The van der Waals surface area contributed by atoms with Crippen LogP contribution in [0.25, 0.3) is 0 Å². The lowest BCUT2D eigenvalue weighted by Gasteiger charge is -2.59. The highest BCUT2D eigenvalue weighted by Crippen LogP contribution is 2.63. The molecule has 0 saturated heterocycles. The molecular formula is C23H36N2S. The first-order chi connectivity index (χ1) is 12.8. The summed E-state index contributed by atoms with van der Waals surface area (Å²) < 4.78 is 2.37. The van der Waals surface area contributed by atoms with E-state index in [0.717, 1.165) is 28.9 Å². The van der Waals surface area contributed by atoms with Gasteiger partial charge >= 0.3 is 0 Å². The molecule has 1 aromatic rings. The van der Waals surface area contributed by atoms with Gasteiger partial charge in [0.15, 0.2) is 0 Å². The smallest absolute Gasteiger partial charge is 0.0946 e. The summed E-state index contributed by atoms with van der Waals surface area (Å²) in [5.74, 6) is 5.63. The minimum Gasteiger partial charge on any atom is -0.336 e. The van der Waals surface area contributed by atoms with Crippen LogP contribution < -0.4 is 0 Å². The topological polar surface area (TPSA) is 17.8 Å². The van der Waals surface area contributed by atoms with Gasteiger partial charge in [0.1, 0.15) is 0 Å². The Labute approximate surface area is 163 Å². The maximum Gasteiger partial charge on any atom is 0.0946 e. The first-order valence-electron chi connectivity index (χ1n) is 11.4. The zero-order valence-corrected chi connectivity index (χ0v) is 17.1. The van der Waals surface area contributed by atoms with Crippen molar-refractivity contribution in [1.82, 2.24) is 9.55 Å². The Bertz CT molecular complexity index is 540. The Kier molecular flexibility index (Phi) is 5.11. The van der Waals surface area contributed by atoms with E-state index < -0.39 is 0 Å². The normalized spacial score (nSPS) is 37.5. The van der Waals surface area contributed by atoms with Crippen LogP contribution in [0.3, 0.4) is 0 Å². The molecular weight excluding hydrogens is 336 g/mol. The monoisotopic (exact) mass is 372 g/mol. The Morgan fingerprint density at radius 2 is 1.73 bits per heavy atom. The van der Waals surface area contributed by atoms with Crippen LogP contribution in [0, 0.1) is 29.1 Å². The van der Waals surface area contributed by atoms with Crippen LogP contribution in [0.1, 0.15) is 77.0 Å². The van der Waals surface area contributed by atoms with Gasteiger partial charge in [0.25, 0.3) is 0 Å². The first kappa shape index (κ1) is 17.6. The Hall–Kier alpha value is -0.440. The molecule has 0 radical (unpaired) electrons. The average Bonchev–Trinajstić information content (AvgIpc) is 3.30. The molecule has 2 nitrogen and oxygen atoms in total. The summed E-state index contributed by atoms with van der Waals surface area (Å²) in [6.45, 7) is 1.19. The molecule has 0 aliphatic heterocycles. The molecule has 3 heteroatoms. The van der Waals surface area contributed by atoms with Gasteiger partial charge in [-0.3, -0.25) is 0 Å². The van der Waals surface area contributed by atoms with Crippen molar-refractivity contribution in [1.29, 1.82) is 0 Å². The number of aromatic nitrogens is 2. The largest absolute Gasteiger partial charge is 0.336 e. The Balaban J connectivity index is 1.25. The maximum atomic E-state index is 4.32. The third-order valence-corrected chi connectivity index (χ3v) is 9.83. The number of hydrogen-bond donors (Lipinski definition) is 0. The van der Waals surface area contributed by atoms with E-state index in [-0.39, 0.29) is 0 Å². The second-order valence-electron chi connectivity index (χ2n) is 10.2. The van der Waals surface area contributed by atoms with Crippen molar-refractivity contribution in [2.45, 2.75) is 88.8 Å².